The van der Waals surface area contributed by atoms with Crippen LogP contribution in [0.15, 0.2) is 60.6 Å². The fourth-order valence-electron chi connectivity index (χ4n) is 3.95. The summed E-state index contributed by atoms with van der Waals surface area (Å²) in [5, 5.41) is 9.56. The van der Waals surface area contributed by atoms with Crippen LogP contribution in [-0.4, -0.2) is 61.0 Å². The number of imidazole rings is 1. The molecular weight excluding hydrogens is 434 g/mol. The zero-order valence-corrected chi connectivity index (χ0v) is 19.4. The average molecular weight is 460 g/mol. The molecule has 5 heterocycles. The van der Waals surface area contributed by atoms with E-state index in [0.717, 1.165) is 52.6 Å². The van der Waals surface area contributed by atoms with Crippen LogP contribution in [0.2, 0.25) is 0 Å². The van der Waals surface area contributed by atoms with Crippen LogP contribution in [0.4, 0.5) is 0 Å². The van der Waals surface area contributed by atoms with Crippen LogP contribution in [0.5, 0.6) is 0 Å². The van der Waals surface area contributed by atoms with Gasteiger partial charge in [-0.15, -0.1) is 11.3 Å². The first-order valence-electron chi connectivity index (χ1n) is 11.0. The highest BCUT2D eigenvalue weighted by Crippen LogP contribution is 2.30. The number of rotatable bonds is 8. The number of pyridine rings is 1. The van der Waals surface area contributed by atoms with Crippen LogP contribution in [0.1, 0.15) is 24.2 Å². The second-order valence-electron chi connectivity index (χ2n) is 7.70. The minimum Gasteiger partial charge on any atom is -0.351 e. The molecule has 0 saturated carbocycles. The maximum absolute atomic E-state index is 13.0. The maximum Gasteiger partial charge on any atom is 0.252 e. The summed E-state index contributed by atoms with van der Waals surface area (Å²) < 4.78 is 3.63. The highest BCUT2D eigenvalue weighted by atomic mass is 32.1. The number of hydrogen-bond acceptors (Lipinski definition) is 6. The van der Waals surface area contributed by atoms with Gasteiger partial charge in [-0.05, 0) is 36.7 Å². The van der Waals surface area contributed by atoms with E-state index in [9.17, 15) is 4.79 Å². The predicted molar refractivity (Wildman–Crippen MR) is 131 cm³/mol. The first-order valence-corrected chi connectivity index (χ1v) is 11.9. The van der Waals surface area contributed by atoms with Gasteiger partial charge in [0.15, 0.2) is 5.65 Å². The summed E-state index contributed by atoms with van der Waals surface area (Å²) in [6, 6.07) is 7.90. The number of fused-ring (bicyclic) bond motifs is 2. The SMILES string of the molecule is CCN(CC)CCNC(=O)c1cc(-c2cnn3ccc(-c4cccs4)nc23)c2nccn2c1. The van der Waals surface area contributed by atoms with Crippen LogP contribution < -0.4 is 5.32 Å². The third-order valence-electron chi connectivity index (χ3n) is 5.79. The van der Waals surface area contributed by atoms with Gasteiger partial charge in [-0.3, -0.25) is 4.79 Å². The van der Waals surface area contributed by atoms with Gasteiger partial charge in [0.25, 0.3) is 5.91 Å². The molecule has 0 aromatic carbocycles. The van der Waals surface area contributed by atoms with Crippen LogP contribution in [0.3, 0.4) is 0 Å². The van der Waals surface area contributed by atoms with E-state index in [1.54, 1.807) is 28.2 Å². The molecule has 8 nitrogen and oxygen atoms in total. The molecule has 0 spiro atoms. The number of carbonyl (C=O) groups is 1. The fraction of sp³-hybridized carbons (Fsp3) is 0.250. The summed E-state index contributed by atoms with van der Waals surface area (Å²) in [6.07, 6.45) is 9.09. The molecule has 0 aliphatic carbocycles. The Labute approximate surface area is 195 Å². The van der Waals surface area contributed by atoms with E-state index < -0.39 is 0 Å². The van der Waals surface area contributed by atoms with E-state index in [1.807, 2.05) is 46.6 Å². The second-order valence-corrected chi connectivity index (χ2v) is 8.65. The normalized spacial score (nSPS) is 11.6. The quantitative estimate of drug-likeness (QED) is 0.381. The van der Waals surface area contributed by atoms with E-state index in [0.29, 0.717) is 12.1 Å². The van der Waals surface area contributed by atoms with Crippen molar-refractivity contribution >= 4 is 28.5 Å². The van der Waals surface area contributed by atoms with Crippen molar-refractivity contribution in [3.05, 3.63) is 66.2 Å². The van der Waals surface area contributed by atoms with Gasteiger partial charge in [-0.2, -0.15) is 5.10 Å². The molecule has 0 bridgehead atoms. The molecule has 0 atom stereocenters. The Morgan fingerprint density at radius 1 is 1.15 bits per heavy atom. The molecule has 9 heteroatoms. The highest BCUT2D eigenvalue weighted by molar-refractivity contribution is 7.13. The largest absolute Gasteiger partial charge is 0.351 e. The molecule has 168 valence electrons. The molecule has 0 radical (unpaired) electrons. The summed E-state index contributed by atoms with van der Waals surface area (Å²) in [6.45, 7) is 7.60. The number of thiophene rings is 1. The summed E-state index contributed by atoms with van der Waals surface area (Å²) in [4.78, 5) is 25.7. The van der Waals surface area contributed by atoms with E-state index in [2.05, 4.69) is 40.2 Å². The summed E-state index contributed by atoms with van der Waals surface area (Å²) in [5.41, 5.74) is 4.61. The van der Waals surface area contributed by atoms with Crippen molar-refractivity contribution < 1.29 is 4.79 Å². The molecule has 33 heavy (non-hydrogen) atoms. The fourth-order valence-corrected chi connectivity index (χ4v) is 4.64. The van der Waals surface area contributed by atoms with Crippen LogP contribution in [0, 0.1) is 0 Å². The molecule has 0 aliphatic heterocycles. The summed E-state index contributed by atoms with van der Waals surface area (Å²) >= 11 is 1.65. The zero-order chi connectivity index (χ0) is 22.8. The molecule has 0 unspecified atom stereocenters. The van der Waals surface area contributed by atoms with Gasteiger partial charge in [0, 0.05) is 43.4 Å². The van der Waals surface area contributed by atoms with Crippen LogP contribution in [0.25, 0.3) is 33.0 Å². The maximum atomic E-state index is 13.0. The zero-order valence-electron chi connectivity index (χ0n) is 18.6. The Bertz CT molecular complexity index is 1400. The molecule has 0 aliphatic rings. The number of amides is 1. The van der Waals surface area contributed by atoms with Crippen molar-refractivity contribution in [1.82, 2.24) is 34.2 Å². The van der Waals surface area contributed by atoms with E-state index in [4.69, 9.17) is 4.98 Å². The number of nitrogens with one attached hydrogen (secondary N) is 1. The number of aromatic nitrogens is 5. The Morgan fingerprint density at radius 3 is 2.82 bits per heavy atom. The first-order chi connectivity index (χ1) is 16.2. The summed E-state index contributed by atoms with van der Waals surface area (Å²) in [5.74, 6) is -0.109. The summed E-state index contributed by atoms with van der Waals surface area (Å²) in [7, 11) is 0. The Hall–Kier alpha value is -3.56. The molecule has 5 rings (SSSR count). The minimum absolute atomic E-state index is 0.109. The van der Waals surface area contributed by atoms with Crippen molar-refractivity contribution in [2.24, 2.45) is 0 Å². The smallest absolute Gasteiger partial charge is 0.252 e. The van der Waals surface area contributed by atoms with Crippen molar-refractivity contribution in [2.45, 2.75) is 13.8 Å². The monoisotopic (exact) mass is 459 g/mol. The molecule has 5 aromatic heterocycles. The van der Waals surface area contributed by atoms with Gasteiger partial charge in [-0.25, -0.2) is 14.5 Å². The molecule has 0 fully saturated rings. The standard InChI is InChI=1S/C24H25N7OS/c1-3-29(4-2)11-8-26-24(32)17-14-18(22-25-9-12-30(22)16-17)19-15-27-31-10-7-20(28-23(19)31)21-6-5-13-33-21/h5-7,9-10,12-16H,3-4,8,11H2,1-2H3,(H,26,32). The molecule has 1 amide bonds. The first kappa shape index (κ1) is 21.3. The lowest BCUT2D eigenvalue weighted by molar-refractivity contribution is 0.0948. The van der Waals surface area contributed by atoms with Crippen LogP contribution >= 0.6 is 11.3 Å². The second kappa shape index (κ2) is 9.13. The van der Waals surface area contributed by atoms with E-state index >= 15 is 0 Å². The van der Waals surface area contributed by atoms with Gasteiger partial charge in [-0.1, -0.05) is 19.9 Å². The lowest BCUT2D eigenvalue weighted by atomic mass is 10.1. The van der Waals surface area contributed by atoms with Crippen molar-refractivity contribution in [1.29, 1.82) is 0 Å². The third-order valence-corrected chi connectivity index (χ3v) is 6.68. The Morgan fingerprint density at radius 2 is 2.03 bits per heavy atom. The molecule has 1 N–H and O–H groups in total. The van der Waals surface area contributed by atoms with Gasteiger partial charge in [0.1, 0.15) is 5.65 Å². The van der Waals surface area contributed by atoms with Crippen LogP contribution in [-0.2, 0) is 0 Å². The Balaban J connectivity index is 1.52. The molecule has 0 saturated heterocycles. The van der Waals surface area contributed by atoms with Crippen molar-refractivity contribution in [3.63, 3.8) is 0 Å². The average Bonchev–Trinajstić information content (AvgIpc) is 3.61. The minimum atomic E-state index is -0.109. The highest BCUT2D eigenvalue weighted by Gasteiger charge is 2.17. The number of hydrogen-bond donors (Lipinski definition) is 1. The lowest BCUT2D eigenvalue weighted by Crippen LogP contribution is -2.34. The lowest BCUT2D eigenvalue weighted by Gasteiger charge is -2.18. The number of nitrogens with zero attached hydrogens (tertiary/aromatic N) is 6. The third kappa shape index (κ3) is 4.12. The van der Waals surface area contributed by atoms with E-state index in [1.165, 1.54) is 0 Å². The van der Waals surface area contributed by atoms with Gasteiger partial charge < -0.3 is 14.6 Å². The Kier molecular flexibility index (Phi) is 5.89. The van der Waals surface area contributed by atoms with Gasteiger partial charge >= 0.3 is 0 Å². The van der Waals surface area contributed by atoms with Crippen molar-refractivity contribution in [3.8, 4) is 21.7 Å². The number of carbonyl (C=O) groups excluding carboxylic acids is 1. The van der Waals surface area contributed by atoms with E-state index in [-0.39, 0.29) is 5.91 Å². The van der Waals surface area contributed by atoms with Crippen molar-refractivity contribution in [2.75, 3.05) is 26.2 Å². The molecule has 5 aromatic rings. The topological polar surface area (TPSA) is 79.8 Å². The molecular formula is C24H25N7OS. The van der Waals surface area contributed by atoms with Gasteiger partial charge in [0.2, 0.25) is 0 Å². The predicted octanol–water partition coefficient (Wildman–Crippen LogP) is 3.84. The number of likely N-dealkylation sites (N-methyl/N-ethyl adjacent to an activating group) is 1. The van der Waals surface area contributed by atoms with Gasteiger partial charge in [0.05, 0.1) is 27.9 Å².